The number of halogens is 1. The smallest absolute Gasteiger partial charge is 0.191 e. The molecule has 1 aliphatic heterocycles. The summed E-state index contributed by atoms with van der Waals surface area (Å²) in [7, 11) is 0. The lowest BCUT2D eigenvalue weighted by Crippen LogP contribution is -2.48. The summed E-state index contributed by atoms with van der Waals surface area (Å²) in [6.07, 6.45) is 2.07. The summed E-state index contributed by atoms with van der Waals surface area (Å²) in [4.78, 5) is 4.73. The fraction of sp³-hybridized carbons (Fsp3) is 0.450. The van der Waals surface area contributed by atoms with E-state index in [9.17, 15) is 0 Å². The maximum atomic E-state index is 5.62. The predicted octanol–water partition coefficient (Wildman–Crippen LogP) is 4.17. The molecule has 1 aliphatic rings. The SMILES string of the molecule is CCNC(=NCc1ccsc1)NCC1(c2ccccc2)CCOCC1.I. The van der Waals surface area contributed by atoms with Crippen LogP contribution < -0.4 is 10.6 Å². The quantitative estimate of drug-likeness (QED) is 0.367. The van der Waals surface area contributed by atoms with Gasteiger partial charge in [0.2, 0.25) is 0 Å². The molecule has 0 spiro atoms. The molecule has 0 saturated carbocycles. The minimum absolute atomic E-state index is 0. The van der Waals surface area contributed by atoms with Gasteiger partial charge in [-0.25, -0.2) is 4.99 Å². The highest BCUT2D eigenvalue weighted by Crippen LogP contribution is 2.34. The number of guanidine groups is 1. The second-order valence-electron chi connectivity index (χ2n) is 6.44. The van der Waals surface area contributed by atoms with Gasteiger partial charge in [0.05, 0.1) is 6.54 Å². The third-order valence-electron chi connectivity index (χ3n) is 4.77. The third kappa shape index (κ3) is 5.69. The van der Waals surface area contributed by atoms with E-state index < -0.39 is 0 Å². The molecule has 1 aromatic carbocycles. The van der Waals surface area contributed by atoms with Gasteiger partial charge in [0, 0.05) is 31.7 Å². The minimum atomic E-state index is 0. The molecule has 4 nitrogen and oxygen atoms in total. The van der Waals surface area contributed by atoms with Crippen LogP contribution in [0.25, 0.3) is 0 Å². The average molecular weight is 485 g/mol. The van der Waals surface area contributed by atoms with E-state index in [2.05, 4.69) is 64.7 Å². The largest absolute Gasteiger partial charge is 0.381 e. The number of thiophene rings is 1. The van der Waals surface area contributed by atoms with Gasteiger partial charge >= 0.3 is 0 Å². The van der Waals surface area contributed by atoms with Crippen LogP contribution in [0.3, 0.4) is 0 Å². The number of nitrogens with zero attached hydrogens (tertiary/aromatic N) is 1. The molecule has 0 aliphatic carbocycles. The van der Waals surface area contributed by atoms with Crippen LogP contribution in [0.5, 0.6) is 0 Å². The molecule has 1 fully saturated rings. The van der Waals surface area contributed by atoms with E-state index in [0.717, 1.165) is 45.1 Å². The Hall–Kier alpha value is -1.12. The Kier molecular flexibility index (Phi) is 8.87. The van der Waals surface area contributed by atoms with Gasteiger partial charge in [-0.3, -0.25) is 0 Å². The molecule has 6 heteroatoms. The zero-order chi connectivity index (χ0) is 17.4. The summed E-state index contributed by atoms with van der Waals surface area (Å²) in [6.45, 7) is 6.18. The van der Waals surface area contributed by atoms with Crippen molar-refractivity contribution in [1.29, 1.82) is 0 Å². The van der Waals surface area contributed by atoms with E-state index >= 15 is 0 Å². The number of aliphatic imine (C=N–C) groups is 1. The van der Waals surface area contributed by atoms with Crippen LogP contribution in [-0.4, -0.2) is 32.3 Å². The second kappa shape index (κ2) is 10.9. The monoisotopic (exact) mass is 485 g/mol. The first-order valence-corrected chi connectivity index (χ1v) is 9.93. The highest BCUT2D eigenvalue weighted by atomic mass is 127. The molecule has 1 saturated heterocycles. The highest BCUT2D eigenvalue weighted by Gasteiger charge is 2.34. The molecule has 2 aromatic rings. The molecule has 1 aromatic heterocycles. The van der Waals surface area contributed by atoms with Crippen LogP contribution in [-0.2, 0) is 16.7 Å². The molecule has 3 rings (SSSR count). The average Bonchev–Trinajstić information content (AvgIpc) is 3.19. The molecule has 0 amide bonds. The molecule has 2 heterocycles. The first-order chi connectivity index (χ1) is 12.3. The van der Waals surface area contributed by atoms with Crippen LogP contribution in [0.15, 0.2) is 52.2 Å². The van der Waals surface area contributed by atoms with E-state index in [1.807, 2.05) is 0 Å². The number of nitrogens with one attached hydrogen (secondary N) is 2. The van der Waals surface area contributed by atoms with Crippen LogP contribution in [0.4, 0.5) is 0 Å². The van der Waals surface area contributed by atoms with Gasteiger partial charge in [0.1, 0.15) is 0 Å². The molecule has 26 heavy (non-hydrogen) atoms. The van der Waals surface area contributed by atoms with Crippen molar-refractivity contribution in [3.05, 3.63) is 58.3 Å². The number of benzene rings is 1. The predicted molar refractivity (Wildman–Crippen MR) is 121 cm³/mol. The van der Waals surface area contributed by atoms with E-state index in [1.54, 1.807) is 11.3 Å². The Morgan fingerprint density at radius 3 is 2.58 bits per heavy atom. The summed E-state index contributed by atoms with van der Waals surface area (Å²) in [5.74, 6) is 0.885. The summed E-state index contributed by atoms with van der Waals surface area (Å²) >= 11 is 1.71. The van der Waals surface area contributed by atoms with Gasteiger partial charge < -0.3 is 15.4 Å². The van der Waals surface area contributed by atoms with Crippen molar-refractivity contribution in [1.82, 2.24) is 10.6 Å². The van der Waals surface area contributed by atoms with Crippen molar-refractivity contribution in [2.75, 3.05) is 26.3 Å². The van der Waals surface area contributed by atoms with E-state index in [-0.39, 0.29) is 29.4 Å². The molecule has 142 valence electrons. The molecule has 2 N–H and O–H groups in total. The second-order valence-corrected chi connectivity index (χ2v) is 7.22. The first kappa shape index (κ1) is 21.2. The van der Waals surface area contributed by atoms with Crippen molar-refractivity contribution in [3.63, 3.8) is 0 Å². The fourth-order valence-corrected chi connectivity index (χ4v) is 3.93. The van der Waals surface area contributed by atoms with Crippen molar-refractivity contribution < 1.29 is 4.74 Å². The lowest BCUT2D eigenvalue weighted by molar-refractivity contribution is 0.0514. The Bertz CT molecular complexity index is 655. The van der Waals surface area contributed by atoms with Crippen molar-refractivity contribution in [2.24, 2.45) is 4.99 Å². The lowest BCUT2D eigenvalue weighted by atomic mass is 9.74. The lowest BCUT2D eigenvalue weighted by Gasteiger charge is -2.38. The highest BCUT2D eigenvalue weighted by molar-refractivity contribution is 14.0. The summed E-state index contributed by atoms with van der Waals surface area (Å²) in [6, 6.07) is 12.9. The van der Waals surface area contributed by atoms with Gasteiger partial charge in [-0.2, -0.15) is 11.3 Å². The minimum Gasteiger partial charge on any atom is -0.381 e. The maximum absolute atomic E-state index is 5.62. The number of hydrogen-bond donors (Lipinski definition) is 2. The Balaban J connectivity index is 0.00000243. The van der Waals surface area contributed by atoms with E-state index in [1.165, 1.54) is 11.1 Å². The summed E-state index contributed by atoms with van der Waals surface area (Å²) in [5, 5.41) is 11.2. The molecule has 0 bridgehead atoms. The first-order valence-electron chi connectivity index (χ1n) is 8.99. The van der Waals surface area contributed by atoms with Gasteiger partial charge in [0.25, 0.3) is 0 Å². The summed E-state index contributed by atoms with van der Waals surface area (Å²) < 4.78 is 5.62. The van der Waals surface area contributed by atoms with Crippen LogP contribution in [0.2, 0.25) is 0 Å². The maximum Gasteiger partial charge on any atom is 0.191 e. The summed E-state index contributed by atoms with van der Waals surface area (Å²) in [5.41, 5.74) is 2.75. The number of hydrogen-bond acceptors (Lipinski definition) is 3. The normalized spacial score (nSPS) is 16.6. The van der Waals surface area contributed by atoms with E-state index in [4.69, 9.17) is 9.73 Å². The number of ether oxygens (including phenoxy) is 1. The third-order valence-corrected chi connectivity index (χ3v) is 5.51. The van der Waals surface area contributed by atoms with Gasteiger partial charge in [-0.1, -0.05) is 30.3 Å². The molecule has 0 atom stereocenters. The van der Waals surface area contributed by atoms with Crippen molar-refractivity contribution >= 4 is 41.3 Å². The van der Waals surface area contributed by atoms with Gasteiger partial charge in [-0.15, -0.1) is 24.0 Å². The molecule has 0 unspecified atom stereocenters. The molecular formula is C20H28IN3OS. The number of rotatable bonds is 6. The molecular weight excluding hydrogens is 457 g/mol. The van der Waals surface area contributed by atoms with Gasteiger partial charge in [-0.05, 0) is 47.7 Å². The molecule has 0 radical (unpaired) electrons. The van der Waals surface area contributed by atoms with Gasteiger partial charge in [0.15, 0.2) is 5.96 Å². The van der Waals surface area contributed by atoms with Crippen LogP contribution >= 0.6 is 35.3 Å². The van der Waals surface area contributed by atoms with Crippen LogP contribution in [0.1, 0.15) is 30.9 Å². The van der Waals surface area contributed by atoms with Crippen LogP contribution in [0, 0.1) is 0 Å². The zero-order valence-electron chi connectivity index (χ0n) is 15.2. The van der Waals surface area contributed by atoms with E-state index in [0.29, 0.717) is 6.54 Å². The topological polar surface area (TPSA) is 45.7 Å². The zero-order valence-corrected chi connectivity index (χ0v) is 18.4. The fourth-order valence-electron chi connectivity index (χ4n) is 3.27. The Labute approximate surface area is 177 Å². The van der Waals surface area contributed by atoms with Crippen molar-refractivity contribution in [2.45, 2.75) is 31.7 Å². The standard InChI is InChI=1S/C20H27N3OS.HI/c1-2-21-19(22-14-17-8-13-25-15-17)23-16-20(9-11-24-12-10-20)18-6-4-3-5-7-18;/h3-8,13,15H,2,9-12,14,16H2,1H3,(H2,21,22,23);1H. The Morgan fingerprint density at radius 2 is 1.92 bits per heavy atom. The van der Waals surface area contributed by atoms with Crippen molar-refractivity contribution in [3.8, 4) is 0 Å². The Morgan fingerprint density at radius 1 is 1.15 bits per heavy atom.